The maximum Gasteiger partial charge on any atom is 0.251 e. The maximum absolute atomic E-state index is 12.7. The van der Waals surface area contributed by atoms with Crippen LogP contribution in [0, 0.1) is 0 Å². The molecule has 0 radical (unpaired) electrons. The molecule has 0 fully saturated rings. The Labute approximate surface area is 170 Å². The smallest absolute Gasteiger partial charge is 0.251 e. The molecule has 2 aromatic rings. The van der Waals surface area contributed by atoms with E-state index in [-0.39, 0.29) is 18.2 Å². The Morgan fingerprint density at radius 1 is 0.862 bits per heavy atom. The lowest BCUT2D eigenvalue weighted by molar-refractivity contribution is -0.129. The predicted octanol–water partition coefficient (Wildman–Crippen LogP) is 2.56. The number of hydroxylamine groups is 1. The van der Waals surface area contributed by atoms with E-state index in [1.54, 1.807) is 29.7 Å². The van der Waals surface area contributed by atoms with Gasteiger partial charge in [0, 0.05) is 18.5 Å². The molecule has 0 spiro atoms. The van der Waals surface area contributed by atoms with Crippen LogP contribution < -0.4 is 16.1 Å². The third kappa shape index (κ3) is 8.15. The first-order valence-corrected chi connectivity index (χ1v) is 9.70. The van der Waals surface area contributed by atoms with Crippen molar-refractivity contribution in [2.45, 2.75) is 44.7 Å². The largest absolute Gasteiger partial charge is 0.350 e. The van der Waals surface area contributed by atoms with E-state index in [2.05, 4.69) is 10.6 Å². The van der Waals surface area contributed by atoms with Crippen LogP contribution >= 0.6 is 0 Å². The van der Waals surface area contributed by atoms with Crippen LogP contribution in [0.1, 0.15) is 48.0 Å². The summed E-state index contributed by atoms with van der Waals surface area (Å²) in [7, 11) is 0. The van der Waals surface area contributed by atoms with E-state index in [4.69, 9.17) is 5.21 Å². The molecular weight excluding hydrogens is 370 g/mol. The number of hydrogen-bond donors (Lipinski definition) is 4. The lowest BCUT2D eigenvalue weighted by atomic mass is 10.1. The van der Waals surface area contributed by atoms with Crippen LogP contribution in [-0.2, 0) is 16.1 Å². The fourth-order valence-electron chi connectivity index (χ4n) is 2.87. The summed E-state index contributed by atoms with van der Waals surface area (Å²) in [5.41, 5.74) is 3.07. The van der Waals surface area contributed by atoms with Crippen molar-refractivity contribution in [3.05, 3.63) is 71.8 Å². The van der Waals surface area contributed by atoms with E-state index in [9.17, 15) is 14.4 Å². The van der Waals surface area contributed by atoms with E-state index in [1.165, 1.54) is 0 Å². The van der Waals surface area contributed by atoms with Crippen molar-refractivity contribution in [2.75, 3.05) is 0 Å². The van der Waals surface area contributed by atoms with Crippen LogP contribution in [0.2, 0.25) is 0 Å². The van der Waals surface area contributed by atoms with Crippen LogP contribution in [0.5, 0.6) is 0 Å². The van der Waals surface area contributed by atoms with Crippen molar-refractivity contribution < 1.29 is 19.6 Å². The molecule has 7 nitrogen and oxygen atoms in total. The zero-order valence-electron chi connectivity index (χ0n) is 16.3. The number of nitrogens with one attached hydrogen (secondary N) is 3. The molecule has 2 aromatic carbocycles. The Morgan fingerprint density at radius 3 is 2.17 bits per heavy atom. The number of carbonyl (C=O) groups is 3. The standard InChI is InChI=1S/C22H27N3O4/c26-20(25-29)15-9-3-8-14-19(24-21(27)18-12-6-2-7-13-18)22(28)23-16-17-10-4-1-5-11-17/h1-2,4-7,10-13,19,29H,3,8-9,14-16H2,(H,23,28)(H,24,27)(H,25,26). The molecule has 0 aliphatic carbocycles. The fourth-order valence-corrected chi connectivity index (χ4v) is 2.87. The first-order chi connectivity index (χ1) is 14.1. The maximum atomic E-state index is 12.7. The van der Waals surface area contributed by atoms with Crippen molar-refractivity contribution >= 4 is 17.7 Å². The Kier molecular flexibility index (Phi) is 9.38. The third-order valence-corrected chi connectivity index (χ3v) is 4.49. The van der Waals surface area contributed by atoms with Gasteiger partial charge in [0.15, 0.2) is 0 Å². The Bertz CT molecular complexity index is 781. The molecule has 0 bridgehead atoms. The number of rotatable bonds is 11. The van der Waals surface area contributed by atoms with Gasteiger partial charge in [-0.1, -0.05) is 61.4 Å². The van der Waals surface area contributed by atoms with Gasteiger partial charge in [0.05, 0.1) is 0 Å². The first kappa shape index (κ1) is 22.1. The SMILES string of the molecule is O=C(CCCCCC(NC(=O)c1ccccc1)C(=O)NCc1ccccc1)NO. The van der Waals surface area contributed by atoms with Crippen molar-refractivity contribution in [2.24, 2.45) is 0 Å². The summed E-state index contributed by atoms with van der Waals surface area (Å²) in [5.74, 6) is -0.976. The molecule has 29 heavy (non-hydrogen) atoms. The summed E-state index contributed by atoms with van der Waals surface area (Å²) in [6.07, 6.45) is 2.64. The molecule has 154 valence electrons. The molecule has 0 aliphatic heterocycles. The van der Waals surface area contributed by atoms with E-state index in [0.29, 0.717) is 37.8 Å². The molecule has 0 saturated heterocycles. The minimum Gasteiger partial charge on any atom is -0.350 e. The molecule has 1 unspecified atom stereocenters. The number of carbonyl (C=O) groups excluding carboxylic acids is 3. The molecule has 0 saturated carbocycles. The van der Waals surface area contributed by atoms with Gasteiger partial charge < -0.3 is 10.6 Å². The van der Waals surface area contributed by atoms with Crippen molar-refractivity contribution in [3.63, 3.8) is 0 Å². The summed E-state index contributed by atoms with van der Waals surface area (Å²) in [4.78, 5) is 36.2. The lowest BCUT2D eigenvalue weighted by Crippen LogP contribution is -2.46. The van der Waals surface area contributed by atoms with Crippen LogP contribution in [0.25, 0.3) is 0 Å². The first-order valence-electron chi connectivity index (χ1n) is 9.70. The number of unbranched alkanes of at least 4 members (excludes halogenated alkanes) is 2. The van der Waals surface area contributed by atoms with Gasteiger partial charge in [0.1, 0.15) is 6.04 Å². The average molecular weight is 397 g/mol. The van der Waals surface area contributed by atoms with Gasteiger partial charge in [0.25, 0.3) is 5.91 Å². The predicted molar refractivity (Wildman–Crippen MR) is 109 cm³/mol. The van der Waals surface area contributed by atoms with Crippen LogP contribution in [0.3, 0.4) is 0 Å². The van der Waals surface area contributed by atoms with Crippen LogP contribution in [-0.4, -0.2) is 29.0 Å². The molecule has 0 heterocycles. The van der Waals surface area contributed by atoms with Gasteiger partial charge >= 0.3 is 0 Å². The monoisotopic (exact) mass is 397 g/mol. The number of amides is 3. The van der Waals surface area contributed by atoms with E-state index in [1.807, 2.05) is 36.4 Å². The van der Waals surface area contributed by atoms with Crippen molar-refractivity contribution in [3.8, 4) is 0 Å². The Hall–Kier alpha value is -3.19. The Morgan fingerprint density at radius 2 is 1.52 bits per heavy atom. The molecule has 2 rings (SSSR count). The second-order valence-electron chi connectivity index (χ2n) is 6.73. The number of benzene rings is 2. The van der Waals surface area contributed by atoms with Crippen molar-refractivity contribution in [1.29, 1.82) is 0 Å². The van der Waals surface area contributed by atoms with Crippen molar-refractivity contribution in [1.82, 2.24) is 16.1 Å². The zero-order chi connectivity index (χ0) is 20.9. The summed E-state index contributed by atoms with van der Waals surface area (Å²) in [6, 6.07) is 17.6. The molecule has 4 N–H and O–H groups in total. The van der Waals surface area contributed by atoms with Gasteiger partial charge in [-0.05, 0) is 30.5 Å². The molecule has 7 heteroatoms. The average Bonchev–Trinajstić information content (AvgIpc) is 2.77. The summed E-state index contributed by atoms with van der Waals surface area (Å²) < 4.78 is 0. The Balaban J connectivity index is 1.91. The normalized spacial score (nSPS) is 11.3. The van der Waals surface area contributed by atoms with E-state index >= 15 is 0 Å². The minimum absolute atomic E-state index is 0.220. The zero-order valence-corrected chi connectivity index (χ0v) is 16.3. The van der Waals surface area contributed by atoms with E-state index in [0.717, 1.165) is 5.56 Å². The van der Waals surface area contributed by atoms with Gasteiger partial charge in [-0.2, -0.15) is 0 Å². The topological polar surface area (TPSA) is 108 Å². The van der Waals surface area contributed by atoms with Crippen LogP contribution in [0.4, 0.5) is 0 Å². The van der Waals surface area contributed by atoms with Gasteiger partial charge in [-0.25, -0.2) is 5.48 Å². The van der Waals surface area contributed by atoms with E-state index < -0.39 is 11.9 Å². The highest BCUT2D eigenvalue weighted by molar-refractivity contribution is 5.97. The molecule has 0 aliphatic rings. The molecule has 0 aromatic heterocycles. The highest BCUT2D eigenvalue weighted by Crippen LogP contribution is 2.08. The van der Waals surface area contributed by atoms with Crippen LogP contribution in [0.15, 0.2) is 60.7 Å². The summed E-state index contributed by atoms with van der Waals surface area (Å²) in [6.45, 7) is 0.383. The molecule has 1 atom stereocenters. The van der Waals surface area contributed by atoms with Gasteiger partial charge in [0.2, 0.25) is 11.8 Å². The highest BCUT2D eigenvalue weighted by Gasteiger charge is 2.21. The second-order valence-corrected chi connectivity index (χ2v) is 6.73. The molecule has 3 amide bonds. The number of hydrogen-bond acceptors (Lipinski definition) is 4. The van der Waals surface area contributed by atoms with Gasteiger partial charge in [-0.3, -0.25) is 19.6 Å². The molecular formula is C22H27N3O4. The summed E-state index contributed by atoms with van der Waals surface area (Å²) in [5, 5.41) is 14.2. The third-order valence-electron chi connectivity index (χ3n) is 4.49. The fraction of sp³-hybridized carbons (Fsp3) is 0.318. The quantitative estimate of drug-likeness (QED) is 0.265. The second kappa shape index (κ2) is 12.3. The minimum atomic E-state index is -0.668. The summed E-state index contributed by atoms with van der Waals surface area (Å²) >= 11 is 0. The van der Waals surface area contributed by atoms with Gasteiger partial charge in [-0.15, -0.1) is 0 Å². The lowest BCUT2D eigenvalue weighted by Gasteiger charge is -2.19. The highest BCUT2D eigenvalue weighted by atomic mass is 16.5.